The number of hydrogen-bond acceptors (Lipinski definition) is 11. The average Bonchev–Trinajstić information content (AvgIpc) is 0.802. The van der Waals surface area contributed by atoms with Gasteiger partial charge in [-0.2, -0.15) is 4.58 Å². The molecule has 2 aliphatic heterocycles. The zero-order valence-corrected chi connectivity index (χ0v) is 52.6. The number of amides is 2. The predicted octanol–water partition coefficient (Wildman–Crippen LogP) is 12.8. The van der Waals surface area contributed by atoms with Crippen LogP contribution >= 0.6 is 0 Å². The van der Waals surface area contributed by atoms with Gasteiger partial charge in [-0.05, 0) is 140 Å². The van der Waals surface area contributed by atoms with Gasteiger partial charge in [0.2, 0.25) is 28.9 Å². The highest BCUT2D eigenvalue weighted by molar-refractivity contribution is 6.40. The fraction of sp³-hybridized carbons (Fsp3) is 0.389. The summed E-state index contributed by atoms with van der Waals surface area (Å²) < 4.78 is 14.1. The monoisotopic (exact) mass is 1160 g/mol. The number of Topliss-reactive ketones (excluding diaryl/α,β-unsaturated/α-hetero) is 1. The van der Waals surface area contributed by atoms with E-state index in [9.17, 15) is 19.2 Å². The number of carbonyl (C=O) groups is 5. The van der Waals surface area contributed by atoms with Gasteiger partial charge >= 0.3 is 11.9 Å². The molecule has 450 valence electrons. The van der Waals surface area contributed by atoms with Gasteiger partial charge in [-0.3, -0.25) is 33.8 Å². The third kappa shape index (κ3) is 13.7. The largest absolute Gasteiger partial charge is 0.871 e. The van der Waals surface area contributed by atoms with E-state index < -0.39 is 35.3 Å². The first-order valence-corrected chi connectivity index (χ1v) is 30.0. The van der Waals surface area contributed by atoms with Crippen LogP contribution in [0.4, 0.5) is 34.1 Å². The summed E-state index contributed by atoms with van der Waals surface area (Å²) in [6.07, 6.45) is 6.31. The van der Waals surface area contributed by atoms with Crippen LogP contribution in [0.3, 0.4) is 0 Å². The van der Waals surface area contributed by atoms with Crippen LogP contribution in [0.2, 0.25) is 0 Å². The number of carbonyl (C=O) groups excluding carboxylic acids is 5. The molecule has 9 rings (SSSR count). The summed E-state index contributed by atoms with van der Waals surface area (Å²) in [5, 5.41) is 21.1. The van der Waals surface area contributed by atoms with Crippen molar-refractivity contribution in [1.82, 2.24) is 19.7 Å². The second-order valence-corrected chi connectivity index (χ2v) is 26.4. The Labute approximate surface area is 508 Å². The Morgan fingerprint density at radius 1 is 0.547 bits per heavy atom. The van der Waals surface area contributed by atoms with Crippen LogP contribution < -0.4 is 25.2 Å². The van der Waals surface area contributed by atoms with Crippen molar-refractivity contribution in [2.45, 2.75) is 169 Å². The van der Waals surface area contributed by atoms with Crippen LogP contribution in [0.15, 0.2) is 156 Å². The molecule has 86 heavy (non-hydrogen) atoms. The van der Waals surface area contributed by atoms with Gasteiger partial charge in [0.05, 0.1) is 24.2 Å². The number of nitrogens with one attached hydrogen (secondary N) is 2. The van der Waals surface area contributed by atoms with E-state index in [-0.39, 0.29) is 93.7 Å². The molecule has 0 saturated carbocycles. The molecule has 0 aromatic heterocycles. The lowest BCUT2D eigenvalue weighted by atomic mass is 9.78. The maximum Gasteiger partial charge on any atom is 0.306 e. The minimum absolute atomic E-state index is 0.156. The van der Waals surface area contributed by atoms with Crippen molar-refractivity contribution in [3.05, 3.63) is 184 Å². The molecule has 0 unspecified atom stereocenters. The van der Waals surface area contributed by atoms with Gasteiger partial charge < -0.3 is 30.1 Å². The summed E-state index contributed by atoms with van der Waals surface area (Å²) in [4.78, 5) is 77.1. The molecule has 2 saturated heterocycles. The molecule has 14 heteroatoms. The topological polar surface area (TPSA) is 164 Å². The molecule has 5 aromatic rings. The third-order valence-corrected chi connectivity index (χ3v) is 17.9. The number of piperidine rings is 2. The van der Waals surface area contributed by atoms with Gasteiger partial charge in [-0.25, -0.2) is 0 Å². The second-order valence-electron chi connectivity index (χ2n) is 26.4. The number of rotatable bonds is 16. The first-order valence-electron chi connectivity index (χ1n) is 30.0. The Hall–Kier alpha value is -8.20. The summed E-state index contributed by atoms with van der Waals surface area (Å²) in [6, 6.07) is 37.3. The van der Waals surface area contributed by atoms with Crippen molar-refractivity contribution in [2.24, 2.45) is 0 Å². The van der Waals surface area contributed by atoms with Gasteiger partial charge in [-0.1, -0.05) is 82.6 Å². The Morgan fingerprint density at radius 3 is 1.36 bits per heavy atom. The minimum Gasteiger partial charge on any atom is -0.871 e. The standard InChI is InChI=1S/C72H84N6O8/c1-45-15-23-49(24-16-45)77(50-25-17-46(2)18-26-50)53-31-33-57(59(39-53)73-61(79)35-37-63(81)85-55-41-69(5,6)75(13)70(7,8)42-55)65-67(83)66(68(65)84)58-34-32-54(78(51-27-19-47(3)20-28-51)52-29-21-48(4)22-30-52)40-60(58)74-62(80)36-38-64(82)86-56-43-71(9,10)76(14)72(11,12)44-56/h15-34,39-40,55-56H,35-38,41-44H2,1-14H3,(H2,73,74,79,80,83,84). The van der Waals surface area contributed by atoms with E-state index >= 15 is 9.90 Å². The fourth-order valence-corrected chi connectivity index (χ4v) is 12.6. The Morgan fingerprint density at radius 2 is 0.942 bits per heavy atom. The highest BCUT2D eigenvalue weighted by atomic mass is 16.5. The molecule has 2 aliphatic carbocycles. The Balaban J connectivity index is 1.08. The molecule has 0 radical (unpaired) electrons. The number of anilines is 4. The predicted molar refractivity (Wildman–Crippen MR) is 341 cm³/mol. The quantitative estimate of drug-likeness (QED) is 0.0549. The van der Waals surface area contributed by atoms with Gasteiger partial charge in [-0.15, -0.1) is 0 Å². The fourth-order valence-electron chi connectivity index (χ4n) is 12.6. The van der Waals surface area contributed by atoms with E-state index in [1.165, 1.54) is 0 Å². The first-order chi connectivity index (χ1) is 40.5. The van der Waals surface area contributed by atoms with Crippen LogP contribution in [0.25, 0.3) is 5.57 Å². The molecule has 0 bridgehead atoms. The minimum atomic E-state index is -0.593. The normalized spacial score (nSPS) is 19.3. The van der Waals surface area contributed by atoms with Crippen molar-refractivity contribution >= 4 is 74.9 Å². The van der Waals surface area contributed by atoms with Crippen LogP contribution in [0, 0.1) is 27.7 Å². The number of hydrogen-bond donors (Lipinski definition) is 2. The smallest absolute Gasteiger partial charge is 0.306 e. The van der Waals surface area contributed by atoms with E-state index in [1.807, 2.05) is 146 Å². The molecule has 14 nitrogen and oxygen atoms in total. The second kappa shape index (κ2) is 24.6. The van der Waals surface area contributed by atoms with Crippen LogP contribution in [0.1, 0.15) is 135 Å². The maximum absolute atomic E-state index is 15.1. The lowest BCUT2D eigenvalue weighted by Gasteiger charge is -2.53. The number of likely N-dealkylation sites (tertiary alicyclic amines) is 2. The van der Waals surface area contributed by atoms with E-state index in [0.717, 1.165) is 45.0 Å². The molecule has 5 aromatic carbocycles. The summed E-state index contributed by atoms with van der Waals surface area (Å²) in [5.41, 5.74) is 8.41. The number of ether oxygens (including phenoxy) is 2. The van der Waals surface area contributed by atoms with Crippen LogP contribution in [-0.2, 0) is 33.4 Å². The zero-order chi connectivity index (χ0) is 62.2. The molecule has 2 N–H and O–H groups in total. The van der Waals surface area contributed by atoms with Gasteiger partial charge in [0, 0.05) is 136 Å². The summed E-state index contributed by atoms with van der Waals surface area (Å²) in [6.45, 7) is 25.1. The molecular weight excluding hydrogens is 1080 g/mol. The van der Waals surface area contributed by atoms with Crippen molar-refractivity contribution in [1.29, 1.82) is 0 Å². The van der Waals surface area contributed by atoms with E-state index in [1.54, 1.807) is 24.3 Å². The van der Waals surface area contributed by atoms with Crippen molar-refractivity contribution < 1.29 is 38.6 Å². The van der Waals surface area contributed by atoms with E-state index in [2.05, 4.69) is 89.9 Å². The van der Waals surface area contributed by atoms with Crippen LogP contribution in [-0.4, -0.2) is 93.5 Å². The molecule has 0 spiro atoms. The number of benzene rings is 5. The van der Waals surface area contributed by atoms with E-state index in [0.29, 0.717) is 37.1 Å². The van der Waals surface area contributed by atoms with Crippen molar-refractivity contribution in [2.75, 3.05) is 24.3 Å². The lowest BCUT2D eigenvalue weighted by Crippen LogP contribution is -2.60. The van der Waals surface area contributed by atoms with E-state index in [4.69, 9.17) is 9.47 Å². The summed E-state index contributed by atoms with van der Waals surface area (Å²) in [5.74, 6) is -3.20. The Kier molecular flexibility index (Phi) is 17.9. The summed E-state index contributed by atoms with van der Waals surface area (Å²) >= 11 is 0. The molecule has 2 heterocycles. The summed E-state index contributed by atoms with van der Waals surface area (Å²) in [7, 11) is 4.16. The molecule has 2 fully saturated rings. The SMILES string of the molecule is Cc1ccc(N(c2ccc(C)cc2)c2ccc(C3=C([O-])/C(=C4/C=CC(=[N+](c5ccc(C)cc5)c5ccc(C)cc5)C=C4NC(=O)CCC(=O)OC4CC(C)(C)N(C)C(C)(C)C4)C3=O)c(NC(=O)CCC(=O)OC3CC(C)(C)N(C)C(C)(C)C3)c2)cc1. The lowest BCUT2D eigenvalue weighted by molar-refractivity contribution is -0.297. The highest BCUT2D eigenvalue weighted by Gasteiger charge is 2.46. The third-order valence-electron chi connectivity index (χ3n) is 17.9. The van der Waals surface area contributed by atoms with Gasteiger partial charge in [0.1, 0.15) is 12.2 Å². The number of nitrogens with zero attached hydrogens (tertiary/aromatic N) is 4. The molecule has 0 atom stereocenters. The maximum atomic E-state index is 15.1. The van der Waals surface area contributed by atoms with Crippen molar-refractivity contribution in [3.63, 3.8) is 0 Å². The molecule has 2 amide bonds. The van der Waals surface area contributed by atoms with Gasteiger partial charge in [0.25, 0.3) is 0 Å². The number of ketones is 1. The van der Waals surface area contributed by atoms with Crippen molar-refractivity contribution in [3.8, 4) is 0 Å². The van der Waals surface area contributed by atoms with Gasteiger partial charge in [0.15, 0.2) is 5.78 Å². The average molecular weight is 1160 g/mol. The number of allylic oxidation sites excluding steroid dienone is 5. The first kappa shape index (κ1) is 62.3. The van der Waals surface area contributed by atoms with Crippen LogP contribution in [0.5, 0.6) is 0 Å². The highest BCUT2D eigenvalue weighted by Crippen LogP contribution is 2.45. The number of aryl methyl sites for hydroxylation is 4. The Bertz CT molecular complexity index is 3490. The molecule has 4 aliphatic rings. The zero-order valence-electron chi connectivity index (χ0n) is 52.6. The number of esters is 2. The molecular formula is C72H84N6O8.